The summed E-state index contributed by atoms with van der Waals surface area (Å²) < 4.78 is 6.37. The zero-order valence-corrected chi connectivity index (χ0v) is 15.7. The third kappa shape index (κ3) is 1.82. The Bertz CT molecular complexity index is 644. The number of aliphatic carboxylic acids is 1. The lowest BCUT2D eigenvalue weighted by Gasteiger charge is -2.59. The van der Waals surface area contributed by atoms with Gasteiger partial charge in [-0.05, 0) is 49.9 Å². The van der Waals surface area contributed by atoms with E-state index in [-0.39, 0.29) is 23.5 Å². The Morgan fingerprint density at radius 2 is 1.92 bits per heavy atom. The number of carboxylic acids is 1. The molecule has 4 rings (SSSR count). The predicted octanol–water partition coefficient (Wildman–Crippen LogP) is 2.79. The van der Waals surface area contributed by atoms with Crippen molar-refractivity contribution in [2.24, 2.45) is 28.6 Å². The van der Waals surface area contributed by atoms with Crippen LogP contribution in [0.25, 0.3) is 0 Å². The molecule has 1 aliphatic heterocycles. The van der Waals surface area contributed by atoms with Crippen molar-refractivity contribution in [3.8, 4) is 0 Å². The number of ether oxygens (including phenoxy) is 1. The lowest BCUT2D eigenvalue weighted by atomic mass is 9.42. The number of carboxylic acid groups (broad SMARTS) is 1. The highest BCUT2D eigenvalue weighted by Crippen LogP contribution is 2.74. The maximum atomic E-state index is 13.1. The molecule has 0 aromatic heterocycles. The van der Waals surface area contributed by atoms with E-state index in [1.54, 1.807) is 0 Å². The highest BCUT2D eigenvalue weighted by molar-refractivity contribution is 5.90. The number of carbonyl (C=O) groups is 2. The van der Waals surface area contributed by atoms with Crippen LogP contribution in [0, 0.1) is 28.6 Å². The van der Waals surface area contributed by atoms with E-state index in [9.17, 15) is 19.8 Å². The summed E-state index contributed by atoms with van der Waals surface area (Å²) in [4.78, 5) is 25.2. The van der Waals surface area contributed by atoms with Crippen molar-refractivity contribution in [3.05, 3.63) is 0 Å². The van der Waals surface area contributed by atoms with Gasteiger partial charge in [-0.3, -0.25) is 9.59 Å². The number of fused-ring (bicyclic) bond motifs is 2. The van der Waals surface area contributed by atoms with Crippen LogP contribution in [-0.4, -0.2) is 39.3 Å². The summed E-state index contributed by atoms with van der Waals surface area (Å²) in [6.07, 6.45) is 3.22. The van der Waals surface area contributed by atoms with Gasteiger partial charge in [0.15, 0.2) is 5.78 Å². The second-order valence-corrected chi connectivity index (χ2v) is 9.76. The van der Waals surface area contributed by atoms with Crippen LogP contribution >= 0.6 is 0 Å². The predicted molar refractivity (Wildman–Crippen MR) is 90.9 cm³/mol. The molecule has 0 aromatic rings. The minimum absolute atomic E-state index is 0.0508. The summed E-state index contributed by atoms with van der Waals surface area (Å²) >= 11 is 0. The van der Waals surface area contributed by atoms with Gasteiger partial charge in [0, 0.05) is 6.42 Å². The summed E-state index contributed by atoms with van der Waals surface area (Å²) in [5.74, 6) is -1.08. The van der Waals surface area contributed by atoms with Gasteiger partial charge in [-0.2, -0.15) is 0 Å². The Morgan fingerprint density at radius 3 is 2.52 bits per heavy atom. The lowest BCUT2D eigenvalue weighted by molar-refractivity contribution is -0.178. The lowest BCUT2D eigenvalue weighted by Crippen LogP contribution is -2.64. The second-order valence-electron chi connectivity index (χ2n) is 9.76. The van der Waals surface area contributed by atoms with E-state index in [2.05, 4.69) is 20.8 Å². The Hall–Kier alpha value is -0.940. The van der Waals surface area contributed by atoms with Crippen molar-refractivity contribution in [2.45, 2.75) is 83.5 Å². The number of hydrogen-bond acceptors (Lipinski definition) is 4. The molecule has 2 N–H and O–H groups in total. The zero-order valence-electron chi connectivity index (χ0n) is 15.7. The molecule has 5 nitrogen and oxygen atoms in total. The molecule has 5 heteroatoms. The van der Waals surface area contributed by atoms with E-state index in [4.69, 9.17) is 4.74 Å². The molecule has 25 heavy (non-hydrogen) atoms. The van der Waals surface area contributed by atoms with Gasteiger partial charge in [-0.25, -0.2) is 0 Å². The van der Waals surface area contributed by atoms with E-state index >= 15 is 0 Å². The fourth-order valence-electron chi connectivity index (χ4n) is 7.26. The standard InChI is InChI=1S/C20H30O5/c1-11(2)20-10-12(21)14(22)15-17(3)7-5-8-18(4,16(23)24)13(17)6-9-19(15,20)25-20/h11-13,15,21H,5-10H2,1-4H3,(H,23,24). The number of rotatable bonds is 2. The minimum atomic E-state index is -0.989. The molecule has 4 fully saturated rings. The first kappa shape index (κ1) is 17.5. The third-order valence-electron chi connectivity index (χ3n) is 8.48. The molecule has 4 aliphatic rings. The molecule has 3 saturated carbocycles. The molecule has 0 amide bonds. The molecule has 1 saturated heterocycles. The number of carbonyl (C=O) groups excluding carboxylic acids is 1. The number of Topliss-reactive ketones (excluding diaryl/α,β-unsaturated/α-hetero) is 1. The van der Waals surface area contributed by atoms with Gasteiger partial charge in [0.25, 0.3) is 0 Å². The largest absolute Gasteiger partial charge is 0.481 e. The Balaban J connectivity index is 1.82. The minimum Gasteiger partial charge on any atom is -0.481 e. The van der Waals surface area contributed by atoms with Crippen LogP contribution in [0.4, 0.5) is 0 Å². The molecule has 1 heterocycles. The number of epoxide rings is 1. The average Bonchev–Trinajstić information content (AvgIpc) is 3.15. The van der Waals surface area contributed by atoms with Crippen LogP contribution in [0.3, 0.4) is 0 Å². The van der Waals surface area contributed by atoms with Gasteiger partial charge in [0.1, 0.15) is 17.3 Å². The molecular formula is C20H30O5. The number of ketones is 1. The summed E-state index contributed by atoms with van der Waals surface area (Å²) in [6.45, 7) is 8.14. The summed E-state index contributed by atoms with van der Waals surface area (Å²) in [7, 11) is 0. The highest BCUT2D eigenvalue weighted by Gasteiger charge is 2.83. The van der Waals surface area contributed by atoms with Crippen molar-refractivity contribution in [1.29, 1.82) is 0 Å². The van der Waals surface area contributed by atoms with E-state index in [1.807, 2.05) is 6.92 Å². The van der Waals surface area contributed by atoms with E-state index in [0.29, 0.717) is 12.8 Å². The van der Waals surface area contributed by atoms with Crippen LogP contribution in [0.15, 0.2) is 0 Å². The topological polar surface area (TPSA) is 87.1 Å². The smallest absolute Gasteiger partial charge is 0.309 e. The van der Waals surface area contributed by atoms with E-state index < -0.39 is 34.1 Å². The zero-order chi connectivity index (χ0) is 18.4. The first-order valence-electron chi connectivity index (χ1n) is 9.70. The fourth-order valence-corrected chi connectivity index (χ4v) is 7.26. The molecule has 7 unspecified atom stereocenters. The van der Waals surface area contributed by atoms with Gasteiger partial charge in [0.2, 0.25) is 0 Å². The maximum Gasteiger partial charge on any atom is 0.309 e. The van der Waals surface area contributed by atoms with Crippen molar-refractivity contribution in [3.63, 3.8) is 0 Å². The summed E-state index contributed by atoms with van der Waals surface area (Å²) in [5.41, 5.74) is -2.12. The normalized spacial score (nSPS) is 54.5. The van der Waals surface area contributed by atoms with Gasteiger partial charge < -0.3 is 14.9 Å². The van der Waals surface area contributed by atoms with Crippen LogP contribution < -0.4 is 0 Å². The van der Waals surface area contributed by atoms with Gasteiger partial charge in [-0.15, -0.1) is 0 Å². The van der Waals surface area contributed by atoms with Crippen LogP contribution in [-0.2, 0) is 14.3 Å². The van der Waals surface area contributed by atoms with Crippen molar-refractivity contribution in [2.75, 3.05) is 0 Å². The maximum absolute atomic E-state index is 13.1. The first-order chi connectivity index (χ1) is 11.6. The van der Waals surface area contributed by atoms with Gasteiger partial charge in [-0.1, -0.05) is 27.2 Å². The monoisotopic (exact) mass is 350 g/mol. The van der Waals surface area contributed by atoms with Gasteiger partial charge in [0.05, 0.1) is 11.3 Å². The SMILES string of the molecule is CC(C)C12CC(O)C(=O)C3C4(C)CCCC(C)(C(=O)O)C4CCC31O2. The molecule has 140 valence electrons. The molecule has 0 radical (unpaired) electrons. The van der Waals surface area contributed by atoms with Crippen molar-refractivity contribution >= 4 is 11.8 Å². The third-order valence-corrected chi connectivity index (χ3v) is 8.48. The van der Waals surface area contributed by atoms with Crippen molar-refractivity contribution in [1.82, 2.24) is 0 Å². The van der Waals surface area contributed by atoms with E-state index in [0.717, 1.165) is 25.7 Å². The molecule has 0 aromatic carbocycles. The van der Waals surface area contributed by atoms with Crippen LogP contribution in [0.5, 0.6) is 0 Å². The molecular weight excluding hydrogens is 320 g/mol. The number of hydrogen-bond donors (Lipinski definition) is 2. The summed E-state index contributed by atoms with van der Waals surface area (Å²) in [6, 6.07) is 0. The number of aliphatic hydroxyl groups excluding tert-OH is 1. The molecule has 1 spiro atoms. The second kappa shape index (κ2) is 4.86. The fraction of sp³-hybridized carbons (Fsp3) is 0.900. The average molecular weight is 350 g/mol. The Kier molecular flexibility index (Phi) is 3.40. The molecule has 7 atom stereocenters. The van der Waals surface area contributed by atoms with E-state index in [1.165, 1.54) is 0 Å². The molecule has 0 bridgehead atoms. The Morgan fingerprint density at radius 1 is 1.24 bits per heavy atom. The van der Waals surface area contributed by atoms with Gasteiger partial charge >= 0.3 is 5.97 Å². The Labute approximate surface area is 149 Å². The van der Waals surface area contributed by atoms with Crippen LogP contribution in [0.1, 0.15) is 66.2 Å². The van der Waals surface area contributed by atoms with Crippen LogP contribution in [0.2, 0.25) is 0 Å². The quantitative estimate of drug-likeness (QED) is 0.748. The van der Waals surface area contributed by atoms with Crippen molar-refractivity contribution < 1.29 is 24.5 Å². The summed E-state index contributed by atoms with van der Waals surface area (Å²) in [5, 5.41) is 20.4. The highest BCUT2D eigenvalue weighted by atomic mass is 16.6. The first-order valence-corrected chi connectivity index (χ1v) is 9.70. The number of aliphatic hydroxyl groups is 1. The molecule has 3 aliphatic carbocycles.